The number of hydrogen-bond donors (Lipinski definition) is 1. The second-order valence-corrected chi connectivity index (χ2v) is 5.34. The van der Waals surface area contributed by atoms with Crippen molar-refractivity contribution in [3.63, 3.8) is 0 Å². The van der Waals surface area contributed by atoms with E-state index in [0.29, 0.717) is 18.9 Å². The molecule has 3 aromatic rings. The first-order chi connectivity index (χ1) is 10.7. The predicted molar refractivity (Wildman–Crippen MR) is 85.4 cm³/mol. The summed E-state index contributed by atoms with van der Waals surface area (Å²) in [5.74, 6) is 0.535. The number of nitrogens with zero attached hydrogens (tertiary/aromatic N) is 1. The third kappa shape index (κ3) is 3.52. The number of aromatic nitrogens is 1. The molecule has 0 spiro atoms. The van der Waals surface area contributed by atoms with Crippen LogP contribution in [0.2, 0.25) is 0 Å². The van der Waals surface area contributed by atoms with Gasteiger partial charge in [-0.05, 0) is 31.0 Å². The lowest BCUT2D eigenvalue weighted by Crippen LogP contribution is -2.23. The van der Waals surface area contributed by atoms with E-state index in [1.807, 2.05) is 24.3 Å². The number of aryl methyl sites for hydroxylation is 2. The van der Waals surface area contributed by atoms with Crippen LogP contribution in [-0.4, -0.2) is 10.9 Å². The third-order valence-corrected chi connectivity index (χ3v) is 3.54. The van der Waals surface area contributed by atoms with E-state index in [1.54, 1.807) is 0 Å². The number of nitrogens with one attached hydrogen (secondary N) is 1. The normalized spacial score (nSPS) is 10.8. The average molecular weight is 294 g/mol. The zero-order valence-corrected chi connectivity index (χ0v) is 12.5. The topological polar surface area (TPSA) is 55.1 Å². The van der Waals surface area contributed by atoms with Crippen molar-refractivity contribution < 1.29 is 9.21 Å². The summed E-state index contributed by atoms with van der Waals surface area (Å²) in [6.07, 6.45) is 1.20. The molecule has 0 aliphatic carbocycles. The van der Waals surface area contributed by atoms with Crippen molar-refractivity contribution in [2.24, 2.45) is 0 Å². The first-order valence-electron chi connectivity index (χ1n) is 7.37. The summed E-state index contributed by atoms with van der Waals surface area (Å²) in [6, 6.07) is 15.8. The van der Waals surface area contributed by atoms with Gasteiger partial charge in [0.1, 0.15) is 5.52 Å². The molecule has 0 aliphatic heterocycles. The number of carbonyl (C=O) groups is 1. The number of fused-ring (bicyclic) bond motifs is 1. The van der Waals surface area contributed by atoms with Crippen LogP contribution in [0.15, 0.2) is 52.9 Å². The number of amides is 1. The Kier molecular flexibility index (Phi) is 4.19. The molecule has 3 rings (SSSR count). The Labute approximate surface area is 129 Å². The molecule has 4 heteroatoms. The Balaban J connectivity index is 1.50. The second-order valence-electron chi connectivity index (χ2n) is 5.34. The van der Waals surface area contributed by atoms with E-state index in [-0.39, 0.29) is 5.91 Å². The lowest BCUT2D eigenvalue weighted by molar-refractivity contribution is -0.121. The van der Waals surface area contributed by atoms with Crippen LogP contribution in [0.5, 0.6) is 0 Å². The standard InChI is InChI=1S/C18H18N2O2/c1-13-6-8-14(9-7-13)10-11-17(21)19-12-18-20-15-4-2-3-5-16(15)22-18/h2-9H,10-12H2,1H3,(H,19,21). The van der Waals surface area contributed by atoms with Gasteiger partial charge in [-0.2, -0.15) is 0 Å². The van der Waals surface area contributed by atoms with Gasteiger partial charge in [-0.1, -0.05) is 42.0 Å². The highest BCUT2D eigenvalue weighted by Gasteiger charge is 2.07. The van der Waals surface area contributed by atoms with Crippen molar-refractivity contribution in [2.75, 3.05) is 0 Å². The fourth-order valence-electron chi connectivity index (χ4n) is 2.27. The predicted octanol–water partition coefficient (Wildman–Crippen LogP) is 3.39. The molecular weight excluding hydrogens is 276 g/mol. The van der Waals surface area contributed by atoms with Crippen LogP contribution in [0.25, 0.3) is 11.1 Å². The summed E-state index contributed by atoms with van der Waals surface area (Å²) in [7, 11) is 0. The van der Waals surface area contributed by atoms with Crippen LogP contribution in [0.3, 0.4) is 0 Å². The molecule has 0 atom stereocenters. The minimum Gasteiger partial charge on any atom is -0.439 e. The molecule has 0 radical (unpaired) electrons. The average Bonchev–Trinajstić information content (AvgIpc) is 2.95. The first-order valence-corrected chi connectivity index (χ1v) is 7.37. The summed E-state index contributed by atoms with van der Waals surface area (Å²) in [5.41, 5.74) is 3.95. The molecule has 112 valence electrons. The zero-order valence-electron chi connectivity index (χ0n) is 12.5. The van der Waals surface area contributed by atoms with E-state index in [2.05, 4.69) is 41.5 Å². The van der Waals surface area contributed by atoms with Crippen molar-refractivity contribution >= 4 is 17.0 Å². The van der Waals surface area contributed by atoms with Gasteiger partial charge in [0.25, 0.3) is 0 Å². The molecule has 0 fully saturated rings. The van der Waals surface area contributed by atoms with Crippen LogP contribution in [-0.2, 0) is 17.8 Å². The molecule has 1 amide bonds. The highest BCUT2D eigenvalue weighted by atomic mass is 16.3. The SMILES string of the molecule is Cc1ccc(CCC(=O)NCc2nc3ccccc3o2)cc1. The molecule has 0 bridgehead atoms. The van der Waals surface area contributed by atoms with Crippen LogP contribution in [0, 0.1) is 6.92 Å². The monoisotopic (exact) mass is 294 g/mol. The van der Waals surface area contributed by atoms with Crippen LogP contribution >= 0.6 is 0 Å². The second kappa shape index (κ2) is 6.43. The third-order valence-electron chi connectivity index (χ3n) is 3.54. The lowest BCUT2D eigenvalue weighted by atomic mass is 10.1. The molecule has 0 saturated carbocycles. The smallest absolute Gasteiger partial charge is 0.220 e. The summed E-state index contributed by atoms with van der Waals surface area (Å²) < 4.78 is 5.57. The van der Waals surface area contributed by atoms with E-state index < -0.39 is 0 Å². The first kappa shape index (κ1) is 14.3. The van der Waals surface area contributed by atoms with Crippen molar-refractivity contribution in [1.29, 1.82) is 0 Å². The maximum atomic E-state index is 11.9. The number of hydrogen-bond acceptors (Lipinski definition) is 3. The molecule has 2 aromatic carbocycles. The molecule has 0 saturated heterocycles. The van der Waals surface area contributed by atoms with Gasteiger partial charge in [-0.25, -0.2) is 4.98 Å². The zero-order chi connectivity index (χ0) is 15.4. The van der Waals surface area contributed by atoms with Crippen LogP contribution in [0.1, 0.15) is 23.4 Å². The van der Waals surface area contributed by atoms with E-state index in [0.717, 1.165) is 17.5 Å². The summed E-state index contributed by atoms with van der Waals surface area (Å²) in [5, 5.41) is 2.85. The molecule has 0 unspecified atom stereocenters. The number of oxazole rings is 1. The summed E-state index contributed by atoms with van der Waals surface area (Å²) in [4.78, 5) is 16.2. The van der Waals surface area contributed by atoms with Gasteiger partial charge in [-0.3, -0.25) is 4.79 Å². The fourth-order valence-corrected chi connectivity index (χ4v) is 2.27. The van der Waals surface area contributed by atoms with Gasteiger partial charge >= 0.3 is 0 Å². The fraction of sp³-hybridized carbons (Fsp3) is 0.222. The van der Waals surface area contributed by atoms with Gasteiger partial charge in [0.2, 0.25) is 11.8 Å². The highest BCUT2D eigenvalue weighted by molar-refractivity contribution is 5.76. The molecule has 1 heterocycles. The van der Waals surface area contributed by atoms with Gasteiger partial charge in [0, 0.05) is 6.42 Å². The molecule has 0 aliphatic rings. The molecule has 4 nitrogen and oxygen atoms in total. The Hall–Kier alpha value is -2.62. The van der Waals surface area contributed by atoms with Crippen molar-refractivity contribution in [3.05, 3.63) is 65.5 Å². The number of rotatable bonds is 5. The van der Waals surface area contributed by atoms with E-state index >= 15 is 0 Å². The van der Waals surface area contributed by atoms with Crippen LogP contribution < -0.4 is 5.32 Å². The lowest BCUT2D eigenvalue weighted by Gasteiger charge is -2.03. The quantitative estimate of drug-likeness (QED) is 0.784. The Morgan fingerprint density at radius 1 is 1.14 bits per heavy atom. The van der Waals surface area contributed by atoms with Gasteiger partial charge in [0.15, 0.2) is 5.58 Å². The molecule has 1 N–H and O–H groups in total. The molecule has 22 heavy (non-hydrogen) atoms. The summed E-state index contributed by atoms with van der Waals surface area (Å²) in [6.45, 7) is 2.37. The van der Waals surface area contributed by atoms with E-state index in [9.17, 15) is 4.79 Å². The summed E-state index contributed by atoms with van der Waals surface area (Å²) >= 11 is 0. The Morgan fingerprint density at radius 3 is 2.68 bits per heavy atom. The van der Waals surface area contributed by atoms with Gasteiger partial charge in [0.05, 0.1) is 6.54 Å². The minimum atomic E-state index is 0.00262. The largest absolute Gasteiger partial charge is 0.439 e. The van der Waals surface area contributed by atoms with Gasteiger partial charge in [-0.15, -0.1) is 0 Å². The highest BCUT2D eigenvalue weighted by Crippen LogP contribution is 2.14. The van der Waals surface area contributed by atoms with Gasteiger partial charge < -0.3 is 9.73 Å². The Morgan fingerprint density at radius 2 is 1.91 bits per heavy atom. The number of carbonyl (C=O) groups excluding carboxylic acids is 1. The van der Waals surface area contributed by atoms with E-state index in [4.69, 9.17) is 4.42 Å². The maximum absolute atomic E-state index is 11.9. The van der Waals surface area contributed by atoms with Crippen molar-refractivity contribution in [1.82, 2.24) is 10.3 Å². The maximum Gasteiger partial charge on any atom is 0.220 e. The molecule has 1 aromatic heterocycles. The van der Waals surface area contributed by atoms with E-state index in [1.165, 1.54) is 11.1 Å². The van der Waals surface area contributed by atoms with Crippen molar-refractivity contribution in [2.45, 2.75) is 26.3 Å². The number of benzene rings is 2. The minimum absolute atomic E-state index is 0.00262. The van der Waals surface area contributed by atoms with Crippen molar-refractivity contribution in [3.8, 4) is 0 Å². The Bertz CT molecular complexity index is 742. The molecular formula is C18H18N2O2. The number of para-hydroxylation sites is 2. The van der Waals surface area contributed by atoms with Crippen LogP contribution in [0.4, 0.5) is 0 Å².